The summed E-state index contributed by atoms with van der Waals surface area (Å²) in [6, 6.07) is 0. The second-order valence-corrected chi connectivity index (χ2v) is 5.15. The van der Waals surface area contributed by atoms with Gasteiger partial charge in [-0.25, -0.2) is 0 Å². The molecule has 2 unspecified atom stereocenters. The van der Waals surface area contributed by atoms with Crippen LogP contribution in [0.1, 0.15) is 32.1 Å². The quantitative estimate of drug-likeness (QED) is 0.583. The Balaban J connectivity index is 1.93. The summed E-state index contributed by atoms with van der Waals surface area (Å²) in [6.45, 7) is 4.58. The molecule has 18 heavy (non-hydrogen) atoms. The van der Waals surface area contributed by atoms with Gasteiger partial charge in [-0.2, -0.15) is 0 Å². The number of nitrogens with one attached hydrogen (secondary N) is 1. The van der Waals surface area contributed by atoms with Crippen LogP contribution in [0.4, 0.5) is 0 Å². The SMILES string of the molecule is COCCCOCCNCC1CCCCC1CO. The molecular weight excluding hydrogens is 230 g/mol. The summed E-state index contributed by atoms with van der Waals surface area (Å²) in [4.78, 5) is 0. The van der Waals surface area contributed by atoms with Gasteiger partial charge in [0.25, 0.3) is 0 Å². The third-order valence-electron chi connectivity index (χ3n) is 3.77. The standard InChI is InChI=1S/C14H29NO3/c1-17-8-4-9-18-10-7-15-11-13-5-2-3-6-14(13)12-16/h13-16H,2-12H2,1H3. The van der Waals surface area contributed by atoms with E-state index in [0.717, 1.165) is 39.3 Å². The molecule has 4 nitrogen and oxygen atoms in total. The maximum absolute atomic E-state index is 9.32. The lowest BCUT2D eigenvalue weighted by atomic mass is 9.80. The Morgan fingerprint density at radius 1 is 1.11 bits per heavy atom. The number of aliphatic hydroxyl groups is 1. The van der Waals surface area contributed by atoms with Crippen LogP contribution < -0.4 is 5.32 Å². The lowest BCUT2D eigenvalue weighted by molar-refractivity contribution is 0.0999. The van der Waals surface area contributed by atoms with E-state index in [1.54, 1.807) is 7.11 Å². The smallest absolute Gasteiger partial charge is 0.0590 e. The third-order valence-corrected chi connectivity index (χ3v) is 3.77. The van der Waals surface area contributed by atoms with Gasteiger partial charge in [-0.05, 0) is 37.6 Å². The number of hydrogen-bond acceptors (Lipinski definition) is 4. The van der Waals surface area contributed by atoms with Crippen LogP contribution in [0.15, 0.2) is 0 Å². The summed E-state index contributed by atoms with van der Waals surface area (Å²) < 4.78 is 10.4. The highest BCUT2D eigenvalue weighted by Gasteiger charge is 2.23. The minimum Gasteiger partial charge on any atom is -0.396 e. The summed E-state index contributed by atoms with van der Waals surface area (Å²) in [5.41, 5.74) is 0. The van der Waals surface area contributed by atoms with Crippen LogP contribution in [0.25, 0.3) is 0 Å². The Labute approximate surface area is 111 Å². The fraction of sp³-hybridized carbons (Fsp3) is 1.00. The van der Waals surface area contributed by atoms with Crippen molar-refractivity contribution in [1.82, 2.24) is 5.32 Å². The van der Waals surface area contributed by atoms with Crippen molar-refractivity contribution in [1.29, 1.82) is 0 Å². The summed E-state index contributed by atoms with van der Waals surface area (Å²) in [6.07, 6.45) is 6.01. The molecule has 1 aliphatic rings. The van der Waals surface area contributed by atoms with Gasteiger partial charge in [0.1, 0.15) is 0 Å². The number of aliphatic hydroxyl groups excluding tert-OH is 1. The monoisotopic (exact) mass is 259 g/mol. The van der Waals surface area contributed by atoms with Crippen molar-refractivity contribution in [3.05, 3.63) is 0 Å². The molecule has 108 valence electrons. The first-order valence-corrected chi connectivity index (χ1v) is 7.26. The van der Waals surface area contributed by atoms with Crippen LogP contribution in [-0.2, 0) is 9.47 Å². The molecule has 1 saturated carbocycles. The summed E-state index contributed by atoms with van der Waals surface area (Å²) in [5.74, 6) is 1.16. The molecule has 0 aromatic heterocycles. The van der Waals surface area contributed by atoms with Crippen LogP contribution in [0.2, 0.25) is 0 Å². The van der Waals surface area contributed by atoms with Crippen LogP contribution in [0.5, 0.6) is 0 Å². The fourth-order valence-electron chi connectivity index (χ4n) is 2.63. The van der Waals surface area contributed by atoms with Gasteiger partial charge in [0.15, 0.2) is 0 Å². The highest BCUT2D eigenvalue weighted by atomic mass is 16.5. The van der Waals surface area contributed by atoms with Crippen molar-refractivity contribution in [3.63, 3.8) is 0 Å². The number of methoxy groups -OCH3 is 1. The van der Waals surface area contributed by atoms with Crippen LogP contribution in [0.3, 0.4) is 0 Å². The maximum atomic E-state index is 9.32. The first-order valence-electron chi connectivity index (χ1n) is 7.26. The molecule has 2 N–H and O–H groups in total. The average molecular weight is 259 g/mol. The van der Waals surface area contributed by atoms with E-state index in [1.165, 1.54) is 25.7 Å². The van der Waals surface area contributed by atoms with Crippen molar-refractivity contribution >= 4 is 0 Å². The number of ether oxygens (including phenoxy) is 2. The second kappa shape index (κ2) is 10.7. The van der Waals surface area contributed by atoms with Crippen molar-refractivity contribution in [2.75, 3.05) is 46.6 Å². The summed E-state index contributed by atoms with van der Waals surface area (Å²) in [5, 5.41) is 12.8. The Kier molecular flexibility index (Phi) is 9.48. The second-order valence-electron chi connectivity index (χ2n) is 5.15. The molecule has 1 rings (SSSR count). The molecule has 0 amide bonds. The van der Waals surface area contributed by atoms with E-state index < -0.39 is 0 Å². The summed E-state index contributed by atoms with van der Waals surface area (Å²) in [7, 11) is 1.71. The molecule has 0 aromatic carbocycles. The summed E-state index contributed by atoms with van der Waals surface area (Å²) >= 11 is 0. The number of hydrogen-bond donors (Lipinski definition) is 2. The van der Waals surface area contributed by atoms with Crippen molar-refractivity contribution < 1.29 is 14.6 Å². The highest BCUT2D eigenvalue weighted by Crippen LogP contribution is 2.28. The molecule has 0 saturated heterocycles. The van der Waals surface area contributed by atoms with Crippen LogP contribution >= 0.6 is 0 Å². The van der Waals surface area contributed by atoms with Gasteiger partial charge in [0.05, 0.1) is 6.61 Å². The lowest BCUT2D eigenvalue weighted by Crippen LogP contribution is -2.33. The zero-order chi connectivity index (χ0) is 13.1. The van der Waals surface area contributed by atoms with E-state index >= 15 is 0 Å². The molecule has 0 heterocycles. The normalized spacial score (nSPS) is 24.3. The van der Waals surface area contributed by atoms with Gasteiger partial charge in [-0.15, -0.1) is 0 Å². The molecule has 0 spiro atoms. The molecule has 2 atom stereocenters. The topological polar surface area (TPSA) is 50.7 Å². The van der Waals surface area contributed by atoms with Gasteiger partial charge in [-0.3, -0.25) is 0 Å². The lowest BCUT2D eigenvalue weighted by Gasteiger charge is -2.30. The Morgan fingerprint density at radius 2 is 1.89 bits per heavy atom. The van der Waals surface area contributed by atoms with E-state index in [9.17, 15) is 5.11 Å². The molecule has 0 aliphatic heterocycles. The van der Waals surface area contributed by atoms with Gasteiger partial charge < -0.3 is 19.9 Å². The molecular formula is C14H29NO3. The Hall–Kier alpha value is -0.160. The van der Waals surface area contributed by atoms with E-state index in [2.05, 4.69) is 5.32 Å². The first-order chi connectivity index (χ1) is 8.88. The van der Waals surface area contributed by atoms with Crippen molar-refractivity contribution in [2.24, 2.45) is 11.8 Å². The Bertz CT molecular complexity index is 190. The van der Waals surface area contributed by atoms with E-state index in [-0.39, 0.29) is 0 Å². The number of rotatable bonds is 10. The first kappa shape index (κ1) is 15.9. The van der Waals surface area contributed by atoms with Gasteiger partial charge in [0.2, 0.25) is 0 Å². The zero-order valence-electron chi connectivity index (χ0n) is 11.7. The van der Waals surface area contributed by atoms with Gasteiger partial charge >= 0.3 is 0 Å². The predicted molar refractivity (Wildman–Crippen MR) is 72.7 cm³/mol. The van der Waals surface area contributed by atoms with Gasteiger partial charge in [-0.1, -0.05) is 12.8 Å². The highest BCUT2D eigenvalue weighted by molar-refractivity contribution is 4.76. The molecule has 0 radical (unpaired) electrons. The van der Waals surface area contributed by atoms with E-state index in [0.29, 0.717) is 18.4 Å². The minimum atomic E-state index is 0.347. The molecule has 4 heteroatoms. The average Bonchev–Trinajstić information content (AvgIpc) is 2.42. The zero-order valence-corrected chi connectivity index (χ0v) is 11.7. The molecule has 0 aromatic rings. The van der Waals surface area contributed by atoms with E-state index in [4.69, 9.17) is 9.47 Å². The molecule has 0 bridgehead atoms. The van der Waals surface area contributed by atoms with Crippen molar-refractivity contribution in [3.8, 4) is 0 Å². The molecule has 1 fully saturated rings. The van der Waals surface area contributed by atoms with Crippen LogP contribution in [0, 0.1) is 11.8 Å². The fourth-order valence-corrected chi connectivity index (χ4v) is 2.63. The largest absolute Gasteiger partial charge is 0.396 e. The predicted octanol–water partition coefficient (Wildman–Crippen LogP) is 1.43. The van der Waals surface area contributed by atoms with Crippen molar-refractivity contribution in [2.45, 2.75) is 32.1 Å². The molecule has 1 aliphatic carbocycles. The van der Waals surface area contributed by atoms with Crippen LogP contribution in [-0.4, -0.2) is 51.7 Å². The Morgan fingerprint density at radius 3 is 2.61 bits per heavy atom. The third kappa shape index (κ3) is 6.69. The van der Waals surface area contributed by atoms with E-state index in [1.807, 2.05) is 0 Å². The van der Waals surface area contributed by atoms with Gasteiger partial charge in [0, 0.05) is 33.5 Å². The maximum Gasteiger partial charge on any atom is 0.0590 e. The minimum absolute atomic E-state index is 0.347.